The lowest BCUT2D eigenvalue weighted by atomic mass is 10.2. The fraction of sp³-hybridized carbons (Fsp3) is 0.500. The number of carbonyl (C=O) groups is 2. The van der Waals surface area contributed by atoms with Crippen LogP contribution in [0, 0.1) is 0 Å². The summed E-state index contributed by atoms with van der Waals surface area (Å²) in [7, 11) is 0. The Hall–Kier alpha value is -1.34. The molecule has 0 fully saturated rings. The number of carbonyl (C=O) groups excluding carboxylic acids is 2. The summed E-state index contributed by atoms with van der Waals surface area (Å²) >= 11 is 3.09. The standard InChI is InChI=1S/C12H17BrN2O4/c1-8(3-2-6-16)15-11(17)7-14-12(18)9-4-5-10(13)19-9/h4-5,8,16H,2-3,6-7H2,1H3,(H,14,18)(H,15,17). The molecule has 2 amide bonds. The Morgan fingerprint density at radius 2 is 2.21 bits per heavy atom. The molecule has 6 nitrogen and oxygen atoms in total. The maximum absolute atomic E-state index is 11.6. The average molecular weight is 333 g/mol. The van der Waals surface area contributed by atoms with Crippen molar-refractivity contribution in [1.29, 1.82) is 0 Å². The third kappa shape index (κ3) is 5.89. The zero-order chi connectivity index (χ0) is 14.3. The molecule has 0 aliphatic carbocycles. The summed E-state index contributed by atoms with van der Waals surface area (Å²) in [5.74, 6) is -0.568. The van der Waals surface area contributed by atoms with Crippen molar-refractivity contribution < 1.29 is 19.1 Å². The van der Waals surface area contributed by atoms with Gasteiger partial charge >= 0.3 is 0 Å². The summed E-state index contributed by atoms with van der Waals surface area (Å²) in [6.45, 7) is 1.84. The number of furan rings is 1. The molecular weight excluding hydrogens is 316 g/mol. The molecule has 7 heteroatoms. The minimum atomic E-state index is -0.441. The van der Waals surface area contributed by atoms with E-state index < -0.39 is 5.91 Å². The summed E-state index contributed by atoms with van der Waals surface area (Å²) in [5, 5.41) is 13.9. The van der Waals surface area contributed by atoms with Gasteiger partial charge in [-0.25, -0.2) is 0 Å². The summed E-state index contributed by atoms with van der Waals surface area (Å²) in [4.78, 5) is 23.1. The van der Waals surface area contributed by atoms with Crippen LogP contribution in [0.15, 0.2) is 21.2 Å². The molecule has 0 radical (unpaired) electrons. The number of hydrogen-bond acceptors (Lipinski definition) is 4. The Balaban J connectivity index is 2.28. The minimum absolute atomic E-state index is 0.0330. The molecule has 0 saturated heterocycles. The van der Waals surface area contributed by atoms with E-state index in [4.69, 9.17) is 9.52 Å². The van der Waals surface area contributed by atoms with Gasteiger partial charge in [0.25, 0.3) is 5.91 Å². The molecule has 1 atom stereocenters. The molecule has 19 heavy (non-hydrogen) atoms. The second-order valence-electron chi connectivity index (χ2n) is 4.12. The van der Waals surface area contributed by atoms with Crippen LogP contribution in [0.3, 0.4) is 0 Å². The second kappa shape index (κ2) is 7.96. The van der Waals surface area contributed by atoms with Crippen molar-refractivity contribution in [1.82, 2.24) is 10.6 Å². The van der Waals surface area contributed by atoms with E-state index in [-0.39, 0.29) is 30.9 Å². The van der Waals surface area contributed by atoms with Crippen molar-refractivity contribution in [2.24, 2.45) is 0 Å². The van der Waals surface area contributed by atoms with Crippen LogP contribution in [0.5, 0.6) is 0 Å². The lowest BCUT2D eigenvalue weighted by Crippen LogP contribution is -2.40. The first-order valence-electron chi connectivity index (χ1n) is 5.96. The topological polar surface area (TPSA) is 91.6 Å². The van der Waals surface area contributed by atoms with Gasteiger partial charge in [-0.1, -0.05) is 0 Å². The maximum atomic E-state index is 11.6. The van der Waals surface area contributed by atoms with Crippen LogP contribution in [0.25, 0.3) is 0 Å². The number of aliphatic hydroxyl groups is 1. The number of amides is 2. The highest BCUT2D eigenvalue weighted by atomic mass is 79.9. The van der Waals surface area contributed by atoms with E-state index in [9.17, 15) is 9.59 Å². The van der Waals surface area contributed by atoms with Crippen LogP contribution in [-0.4, -0.2) is 36.1 Å². The van der Waals surface area contributed by atoms with Crippen molar-refractivity contribution in [2.75, 3.05) is 13.2 Å². The Kier molecular flexibility index (Phi) is 6.58. The molecule has 1 aromatic rings. The Morgan fingerprint density at radius 1 is 1.47 bits per heavy atom. The first kappa shape index (κ1) is 15.7. The lowest BCUT2D eigenvalue weighted by molar-refractivity contribution is -0.120. The van der Waals surface area contributed by atoms with Crippen molar-refractivity contribution in [2.45, 2.75) is 25.8 Å². The molecule has 0 saturated carbocycles. The predicted octanol–water partition coefficient (Wildman–Crippen LogP) is 1.05. The van der Waals surface area contributed by atoms with E-state index in [0.717, 1.165) is 0 Å². The van der Waals surface area contributed by atoms with E-state index >= 15 is 0 Å². The first-order chi connectivity index (χ1) is 9.02. The highest BCUT2D eigenvalue weighted by Crippen LogP contribution is 2.13. The first-order valence-corrected chi connectivity index (χ1v) is 6.76. The Morgan fingerprint density at radius 3 is 2.79 bits per heavy atom. The van der Waals surface area contributed by atoms with E-state index in [2.05, 4.69) is 26.6 Å². The molecule has 0 bridgehead atoms. The molecule has 0 spiro atoms. The fourth-order valence-electron chi connectivity index (χ4n) is 1.48. The number of rotatable bonds is 7. The molecular formula is C12H17BrN2O4. The van der Waals surface area contributed by atoms with Crippen LogP contribution >= 0.6 is 15.9 Å². The number of halogens is 1. The lowest BCUT2D eigenvalue weighted by Gasteiger charge is -2.13. The van der Waals surface area contributed by atoms with Gasteiger partial charge in [-0.3, -0.25) is 9.59 Å². The smallest absolute Gasteiger partial charge is 0.287 e. The van der Waals surface area contributed by atoms with Crippen LogP contribution < -0.4 is 10.6 Å². The summed E-state index contributed by atoms with van der Waals surface area (Å²) in [6, 6.07) is 3.09. The van der Waals surface area contributed by atoms with Gasteiger partial charge in [0, 0.05) is 12.6 Å². The molecule has 1 aromatic heterocycles. The van der Waals surface area contributed by atoms with Crippen LogP contribution in [0.2, 0.25) is 0 Å². The van der Waals surface area contributed by atoms with Crippen molar-refractivity contribution in [3.05, 3.63) is 22.6 Å². The number of nitrogens with one attached hydrogen (secondary N) is 2. The predicted molar refractivity (Wildman–Crippen MR) is 72.7 cm³/mol. The Labute approximate surface area is 119 Å². The monoisotopic (exact) mass is 332 g/mol. The maximum Gasteiger partial charge on any atom is 0.287 e. The van der Waals surface area contributed by atoms with E-state index in [0.29, 0.717) is 17.5 Å². The van der Waals surface area contributed by atoms with E-state index in [1.807, 2.05) is 6.92 Å². The van der Waals surface area contributed by atoms with Gasteiger partial charge in [0.1, 0.15) is 0 Å². The van der Waals surface area contributed by atoms with E-state index in [1.165, 1.54) is 6.07 Å². The SMILES string of the molecule is CC(CCCO)NC(=O)CNC(=O)c1ccc(Br)o1. The molecule has 3 N–H and O–H groups in total. The molecule has 0 aromatic carbocycles. The zero-order valence-electron chi connectivity index (χ0n) is 10.6. The molecule has 1 rings (SSSR count). The molecule has 106 valence electrons. The molecule has 1 unspecified atom stereocenters. The van der Waals surface area contributed by atoms with Gasteiger partial charge in [-0.15, -0.1) is 0 Å². The van der Waals surface area contributed by atoms with Crippen molar-refractivity contribution in [3.8, 4) is 0 Å². The number of aliphatic hydroxyl groups excluding tert-OH is 1. The fourth-order valence-corrected chi connectivity index (χ4v) is 1.79. The van der Waals surface area contributed by atoms with Gasteiger partial charge in [0.15, 0.2) is 10.4 Å². The summed E-state index contributed by atoms with van der Waals surface area (Å²) in [5.41, 5.74) is 0. The van der Waals surface area contributed by atoms with Crippen molar-refractivity contribution in [3.63, 3.8) is 0 Å². The number of hydrogen-bond donors (Lipinski definition) is 3. The molecule has 0 aliphatic heterocycles. The summed E-state index contributed by atoms with van der Waals surface area (Å²) in [6.07, 6.45) is 1.33. The highest BCUT2D eigenvalue weighted by molar-refractivity contribution is 9.10. The van der Waals surface area contributed by atoms with Gasteiger partial charge in [-0.05, 0) is 47.8 Å². The van der Waals surface area contributed by atoms with Crippen LogP contribution in [0.1, 0.15) is 30.3 Å². The second-order valence-corrected chi connectivity index (χ2v) is 4.90. The van der Waals surface area contributed by atoms with Crippen molar-refractivity contribution >= 4 is 27.7 Å². The summed E-state index contributed by atoms with van der Waals surface area (Å²) < 4.78 is 5.52. The quantitative estimate of drug-likeness (QED) is 0.696. The van der Waals surface area contributed by atoms with Gasteiger partial charge in [-0.2, -0.15) is 0 Å². The van der Waals surface area contributed by atoms with Crippen LogP contribution in [-0.2, 0) is 4.79 Å². The third-order valence-corrected chi connectivity index (χ3v) is 2.84. The zero-order valence-corrected chi connectivity index (χ0v) is 12.2. The minimum Gasteiger partial charge on any atom is -0.444 e. The van der Waals surface area contributed by atoms with Crippen LogP contribution in [0.4, 0.5) is 0 Å². The largest absolute Gasteiger partial charge is 0.444 e. The van der Waals surface area contributed by atoms with E-state index in [1.54, 1.807) is 6.07 Å². The molecule has 1 heterocycles. The van der Waals surface area contributed by atoms with Gasteiger partial charge in [0.05, 0.1) is 6.54 Å². The highest BCUT2D eigenvalue weighted by Gasteiger charge is 2.12. The Bertz CT molecular complexity index is 433. The average Bonchev–Trinajstić information content (AvgIpc) is 2.80. The van der Waals surface area contributed by atoms with Gasteiger partial charge < -0.3 is 20.2 Å². The van der Waals surface area contributed by atoms with Gasteiger partial charge in [0.2, 0.25) is 5.91 Å². The normalized spacial score (nSPS) is 11.9. The molecule has 0 aliphatic rings. The third-order valence-electron chi connectivity index (χ3n) is 2.41.